The first-order valence-corrected chi connectivity index (χ1v) is 6.98. The molecule has 0 atom stereocenters. The van der Waals surface area contributed by atoms with E-state index in [0.717, 1.165) is 29.2 Å². The van der Waals surface area contributed by atoms with Gasteiger partial charge in [0.15, 0.2) is 0 Å². The smallest absolute Gasteiger partial charge is 0.338 e. The Kier molecular flexibility index (Phi) is 2.90. The minimum absolute atomic E-state index is 0.235. The summed E-state index contributed by atoms with van der Waals surface area (Å²) in [6.45, 7) is 3.29. The van der Waals surface area contributed by atoms with E-state index in [9.17, 15) is 4.79 Å². The Hall–Kier alpha value is -1.29. The lowest BCUT2D eigenvalue weighted by atomic mass is 10.0. The summed E-state index contributed by atoms with van der Waals surface area (Å²) in [4.78, 5) is 11.8. The number of nitrogens with zero attached hydrogens (tertiary/aromatic N) is 1. The molecule has 0 fully saturated rings. The molecule has 0 spiro atoms. The highest BCUT2D eigenvalue weighted by atomic mass is 79.9. The molecule has 2 heterocycles. The molecule has 0 N–H and O–H groups in total. The van der Waals surface area contributed by atoms with E-state index in [-0.39, 0.29) is 5.97 Å². The predicted molar refractivity (Wildman–Crippen MR) is 73.9 cm³/mol. The summed E-state index contributed by atoms with van der Waals surface area (Å²) in [7, 11) is 0. The van der Waals surface area contributed by atoms with Crippen LogP contribution < -0.4 is 0 Å². The quantitative estimate of drug-likeness (QED) is 0.795. The van der Waals surface area contributed by atoms with Gasteiger partial charge in [-0.15, -0.1) is 0 Å². The molecule has 4 heteroatoms. The van der Waals surface area contributed by atoms with Crippen LogP contribution in [0, 0.1) is 0 Å². The van der Waals surface area contributed by atoms with E-state index in [4.69, 9.17) is 4.74 Å². The first-order valence-electron chi connectivity index (χ1n) is 6.19. The van der Waals surface area contributed by atoms with Gasteiger partial charge >= 0.3 is 5.97 Å². The van der Waals surface area contributed by atoms with Crippen LogP contribution in [-0.2, 0) is 17.7 Å². The number of hydrogen-bond acceptors (Lipinski definition) is 2. The summed E-state index contributed by atoms with van der Waals surface area (Å²) in [5, 5.41) is 1.11. The van der Waals surface area contributed by atoms with Crippen LogP contribution >= 0.6 is 15.9 Å². The second-order valence-electron chi connectivity index (χ2n) is 4.53. The Labute approximate surface area is 114 Å². The van der Waals surface area contributed by atoms with Crippen molar-refractivity contribution < 1.29 is 9.53 Å². The third-order valence-corrected chi connectivity index (χ3v) is 3.99. The van der Waals surface area contributed by atoms with E-state index in [2.05, 4.69) is 26.7 Å². The number of ether oxygens (including phenoxy) is 1. The minimum atomic E-state index is -0.235. The molecule has 1 aromatic carbocycles. The van der Waals surface area contributed by atoms with Crippen LogP contribution in [0.5, 0.6) is 0 Å². The molecule has 0 amide bonds. The van der Waals surface area contributed by atoms with Crippen LogP contribution in [0.2, 0.25) is 0 Å². The first kappa shape index (κ1) is 11.8. The maximum absolute atomic E-state index is 11.8. The van der Waals surface area contributed by atoms with Gasteiger partial charge in [-0.1, -0.05) is 0 Å². The van der Waals surface area contributed by atoms with Gasteiger partial charge in [-0.2, -0.15) is 0 Å². The molecule has 18 heavy (non-hydrogen) atoms. The zero-order valence-electron chi connectivity index (χ0n) is 10.2. The highest BCUT2D eigenvalue weighted by Gasteiger charge is 2.18. The van der Waals surface area contributed by atoms with Crippen LogP contribution in [0.15, 0.2) is 22.8 Å². The third kappa shape index (κ3) is 1.75. The van der Waals surface area contributed by atoms with Crippen molar-refractivity contribution in [2.75, 3.05) is 6.61 Å². The fourth-order valence-corrected chi connectivity index (χ4v) is 3.18. The summed E-state index contributed by atoms with van der Waals surface area (Å²) in [5.74, 6) is -0.235. The van der Waals surface area contributed by atoms with Crippen molar-refractivity contribution in [2.45, 2.75) is 26.3 Å². The maximum Gasteiger partial charge on any atom is 0.338 e. The summed E-state index contributed by atoms with van der Waals surface area (Å²) in [5.41, 5.74) is 3.15. The minimum Gasteiger partial charge on any atom is -0.462 e. The number of halogens is 1. The molecule has 0 saturated heterocycles. The Morgan fingerprint density at radius 2 is 2.33 bits per heavy atom. The first-order chi connectivity index (χ1) is 8.70. The summed E-state index contributed by atoms with van der Waals surface area (Å²) >= 11 is 3.57. The number of aromatic nitrogens is 1. The van der Waals surface area contributed by atoms with Crippen molar-refractivity contribution in [1.82, 2.24) is 4.57 Å². The number of carbonyl (C=O) groups is 1. The van der Waals surface area contributed by atoms with Gasteiger partial charge in [0.2, 0.25) is 0 Å². The van der Waals surface area contributed by atoms with E-state index in [1.165, 1.54) is 11.1 Å². The van der Waals surface area contributed by atoms with E-state index >= 15 is 0 Å². The fourth-order valence-electron chi connectivity index (χ4n) is 2.63. The van der Waals surface area contributed by atoms with Gasteiger partial charge in [0.05, 0.1) is 17.7 Å². The Morgan fingerprint density at radius 1 is 1.50 bits per heavy atom. The molecule has 1 aliphatic heterocycles. The summed E-state index contributed by atoms with van der Waals surface area (Å²) in [6, 6.07) is 3.89. The predicted octanol–water partition coefficient (Wildman–Crippen LogP) is 3.53. The fraction of sp³-hybridized carbons (Fsp3) is 0.357. The second-order valence-corrected chi connectivity index (χ2v) is 5.38. The molecule has 3 rings (SSSR count). The lowest BCUT2D eigenvalue weighted by Crippen LogP contribution is -2.09. The Balaban J connectivity index is 2.20. The van der Waals surface area contributed by atoms with Gasteiger partial charge in [-0.25, -0.2) is 4.79 Å². The largest absolute Gasteiger partial charge is 0.462 e. The number of aryl methyl sites for hydroxylation is 2. The van der Waals surface area contributed by atoms with Gasteiger partial charge in [0.1, 0.15) is 0 Å². The zero-order chi connectivity index (χ0) is 12.7. The van der Waals surface area contributed by atoms with Gasteiger partial charge in [-0.3, -0.25) is 0 Å². The molecular formula is C14H14BrNO2. The Bertz CT molecular complexity index is 630. The second kappa shape index (κ2) is 4.43. The molecule has 0 unspecified atom stereocenters. The SMILES string of the molecule is CCOC(=O)c1cc2c3c(c1)c(Br)cn3CCC2. The summed E-state index contributed by atoms with van der Waals surface area (Å²) in [6.07, 6.45) is 4.25. The lowest BCUT2D eigenvalue weighted by molar-refractivity contribution is 0.0526. The van der Waals surface area contributed by atoms with Crippen molar-refractivity contribution in [3.8, 4) is 0 Å². The Morgan fingerprint density at radius 3 is 3.11 bits per heavy atom. The van der Waals surface area contributed by atoms with Gasteiger partial charge in [-0.05, 0) is 53.4 Å². The normalized spacial score (nSPS) is 13.9. The molecule has 1 aliphatic rings. The van der Waals surface area contributed by atoms with E-state index in [1.807, 2.05) is 19.1 Å². The van der Waals surface area contributed by atoms with E-state index in [0.29, 0.717) is 12.2 Å². The maximum atomic E-state index is 11.8. The van der Waals surface area contributed by atoms with Crippen LogP contribution in [0.25, 0.3) is 10.9 Å². The van der Waals surface area contributed by atoms with Crippen molar-refractivity contribution >= 4 is 32.8 Å². The van der Waals surface area contributed by atoms with E-state index < -0.39 is 0 Å². The molecule has 3 nitrogen and oxygen atoms in total. The van der Waals surface area contributed by atoms with Crippen LogP contribution in [-0.4, -0.2) is 17.1 Å². The molecular weight excluding hydrogens is 294 g/mol. The van der Waals surface area contributed by atoms with Crippen molar-refractivity contribution in [2.24, 2.45) is 0 Å². The molecule has 94 valence electrons. The number of hydrogen-bond donors (Lipinski definition) is 0. The number of esters is 1. The molecule has 1 aromatic heterocycles. The number of benzene rings is 1. The van der Waals surface area contributed by atoms with Gasteiger partial charge in [0, 0.05) is 22.6 Å². The number of rotatable bonds is 2. The average molecular weight is 308 g/mol. The molecule has 0 radical (unpaired) electrons. The van der Waals surface area contributed by atoms with Crippen LogP contribution in [0.4, 0.5) is 0 Å². The number of carbonyl (C=O) groups excluding carboxylic acids is 1. The molecule has 2 aromatic rings. The summed E-state index contributed by atoms with van der Waals surface area (Å²) < 4.78 is 8.39. The van der Waals surface area contributed by atoms with Crippen molar-refractivity contribution in [3.05, 3.63) is 33.9 Å². The van der Waals surface area contributed by atoms with Crippen molar-refractivity contribution in [3.63, 3.8) is 0 Å². The van der Waals surface area contributed by atoms with Crippen LogP contribution in [0.3, 0.4) is 0 Å². The molecule has 0 bridgehead atoms. The topological polar surface area (TPSA) is 31.2 Å². The average Bonchev–Trinajstić information content (AvgIpc) is 2.68. The van der Waals surface area contributed by atoms with Crippen LogP contribution in [0.1, 0.15) is 29.3 Å². The highest BCUT2D eigenvalue weighted by Crippen LogP contribution is 2.33. The van der Waals surface area contributed by atoms with Gasteiger partial charge < -0.3 is 9.30 Å². The monoisotopic (exact) mass is 307 g/mol. The van der Waals surface area contributed by atoms with Crippen molar-refractivity contribution in [1.29, 1.82) is 0 Å². The van der Waals surface area contributed by atoms with Gasteiger partial charge in [0.25, 0.3) is 0 Å². The molecule has 0 saturated carbocycles. The highest BCUT2D eigenvalue weighted by molar-refractivity contribution is 9.10. The zero-order valence-corrected chi connectivity index (χ0v) is 11.8. The standard InChI is InChI=1S/C14H14BrNO2/c1-2-18-14(17)10-6-9-4-3-5-16-8-12(15)11(7-10)13(9)16/h6-8H,2-5H2,1H3. The third-order valence-electron chi connectivity index (χ3n) is 3.36. The van der Waals surface area contributed by atoms with E-state index in [1.54, 1.807) is 0 Å². The lowest BCUT2D eigenvalue weighted by Gasteiger charge is -2.16. The molecule has 0 aliphatic carbocycles.